The molecule has 0 bridgehead atoms. The van der Waals surface area contributed by atoms with E-state index in [4.69, 9.17) is 4.74 Å². The van der Waals surface area contributed by atoms with Crippen molar-refractivity contribution in [3.63, 3.8) is 0 Å². The van der Waals surface area contributed by atoms with E-state index in [2.05, 4.69) is 28.2 Å². The second-order valence-corrected chi connectivity index (χ2v) is 5.90. The summed E-state index contributed by atoms with van der Waals surface area (Å²) in [4.78, 5) is 22.2. The van der Waals surface area contributed by atoms with Gasteiger partial charge in [0.2, 0.25) is 0 Å². The lowest BCUT2D eigenvalue weighted by molar-refractivity contribution is 0.241. The summed E-state index contributed by atoms with van der Waals surface area (Å²) in [5.41, 5.74) is 2.03. The molecule has 3 rings (SSSR count). The first-order valence-electron chi connectivity index (χ1n) is 7.79. The summed E-state index contributed by atoms with van der Waals surface area (Å²) in [6, 6.07) is 5.55. The summed E-state index contributed by atoms with van der Waals surface area (Å²) in [6.07, 6.45) is 4.59. The van der Waals surface area contributed by atoms with Crippen molar-refractivity contribution in [1.29, 1.82) is 0 Å². The van der Waals surface area contributed by atoms with Crippen LogP contribution in [0, 0.1) is 6.42 Å². The molecule has 0 aliphatic carbocycles. The van der Waals surface area contributed by atoms with Crippen LogP contribution in [-0.2, 0) is 0 Å². The van der Waals surface area contributed by atoms with Crippen molar-refractivity contribution in [2.24, 2.45) is 0 Å². The van der Waals surface area contributed by atoms with Crippen LogP contribution >= 0.6 is 0 Å². The molecule has 2 heterocycles. The van der Waals surface area contributed by atoms with Gasteiger partial charge in [0, 0.05) is 18.5 Å². The Morgan fingerprint density at radius 2 is 2.14 bits per heavy atom. The molecule has 0 amide bonds. The number of nitrogens with zero attached hydrogens (tertiary/aromatic N) is 2. The molecule has 1 N–H and O–H groups in total. The highest BCUT2D eigenvalue weighted by Crippen LogP contribution is 2.19. The molecule has 5 nitrogen and oxygen atoms in total. The first kappa shape index (κ1) is 15.0. The highest BCUT2D eigenvalue weighted by atomic mass is 16.5. The average Bonchev–Trinajstić information content (AvgIpc) is 2.54. The number of likely N-dealkylation sites (tertiary alicyclic amines) is 1. The lowest BCUT2D eigenvalue weighted by Crippen LogP contribution is -2.34. The topological polar surface area (TPSA) is 58.2 Å². The van der Waals surface area contributed by atoms with Crippen molar-refractivity contribution >= 4 is 11.0 Å². The number of benzene rings is 1. The summed E-state index contributed by atoms with van der Waals surface area (Å²) in [5.74, 6) is 0.837. The van der Waals surface area contributed by atoms with Crippen molar-refractivity contribution < 1.29 is 4.74 Å². The van der Waals surface area contributed by atoms with Gasteiger partial charge < -0.3 is 14.6 Å². The van der Waals surface area contributed by atoms with Gasteiger partial charge in [-0.1, -0.05) is 6.92 Å². The number of hydrogen-bond donors (Lipinski definition) is 1. The quantitative estimate of drug-likeness (QED) is 0.941. The van der Waals surface area contributed by atoms with Gasteiger partial charge in [-0.05, 0) is 44.5 Å². The van der Waals surface area contributed by atoms with E-state index in [0.29, 0.717) is 11.2 Å². The van der Waals surface area contributed by atoms with Crippen LogP contribution in [0.25, 0.3) is 11.0 Å². The molecule has 1 aliphatic heterocycles. The van der Waals surface area contributed by atoms with Crippen LogP contribution in [0.15, 0.2) is 23.0 Å². The number of ether oxygens (including phenoxy) is 1. The predicted molar refractivity (Wildman–Crippen MR) is 87.3 cm³/mol. The molecule has 0 saturated carbocycles. The molecule has 1 atom stereocenters. The molecule has 22 heavy (non-hydrogen) atoms. The smallest absolute Gasteiger partial charge is 0.270 e. The molecule has 0 spiro atoms. The molecule has 1 radical (unpaired) electrons. The van der Waals surface area contributed by atoms with Gasteiger partial charge in [0.25, 0.3) is 5.56 Å². The minimum absolute atomic E-state index is 0.100. The molecule has 117 valence electrons. The Balaban J connectivity index is 1.86. The zero-order valence-corrected chi connectivity index (χ0v) is 13.1. The average molecular weight is 300 g/mol. The summed E-state index contributed by atoms with van der Waals surface area (Å²) in [7, 11) is 1.61. The molecular weight excluding hydrogens is 278 g/mol. The number of nitrogens with one attached hydrogen (secondary N) is 1. The first-order valence-corrected chi connectivity index (χ1v) is 7.79. The van der Waals surface area contributed by atoms with Gasteiger partial charge in [0.1, 0.15) is 11.4 Å². The third-order valence-corrected chi connectivity index (χ3v) is 4.22. The van der Waals surface area contributed by atoms with Crippen molar-refractivity contribution in [2.75, 3.05) is 26.7 Å². The molecule has 5 heteroatoms. The Morgan fingerprint density at radius 3 is 2.86 bits per heavy atom. The number of methoxy groups -OCH3 is 1. The molecule has 2 aromatic rings. The number of aromatic nitrogens is 2. The van der Waals surface area contributed by atoms with E-state index in [1.165, 1.54) is 0 Å². The minimum Gasteiger partial charge on any atom is -0.497 e. The molecule has 1 saturated heterocycles. The fraction of sp³-hybridized carbons (Fsp3) is 0.471. The maximum absolute atomic E-state index is 12.3. The summed E-state index contributed by atoms with van der Waals surface area (Å²) in [6.45, 7) is 5.11. The van der Waals surface area contributed by atoms with Crippen LogP contribution in [0.2, 0.25) is 0 Å². The Bertz CT molecular complexity index is 705. The Kier molecular flexibility index (Phi) is 4.43. The fourth-order valence-corrected chi connectivity index (χ4v) is 3.00. The second kappa shape index (κ2) is 6.48. The van der Waals surface area contributed by atoms with Gasteiger partial charge in [0.15, 0.2) is 0 Å². The maximum atomic E-state index is 12.3. The summed E-state index contributed by atoms with van der Waals surface area (Å²) >= 11 is 0. The van der Waals surface area contributed by atoms with Crippen LogP contribution < -0.4 is 10.3 Å². The number of hydrogen-bond acceptors (Lipinski definition) is 4. The zero-order chi connectivity index (χ0) is 15.5. The van der Waals surface area contributed by atoms with E-state index in [1.54, 1.807) is 13.2 Å². The molecular formula is C17H22N3O2. The van der Waals surface area contributed by atoms with Gasteiger partial charge in [0.05, 0.1) is 18.1 Å². The highest BCUT2D eigenvalue weighted by molar-refractivity contribution is 5.75. The number of piperidine rings is 1. The van der Waals surface area contributed by atoms with Crippen molar-refractivity contribution in [3.8, 4) is 5.75 Å². The van der Waals surface area contributed by atoms with Crippen LogP contribution in [0.1, 0.15) is 31.4 Å². The van der Waals surface area contributed by atoms with Crippen molar-refractivity contribution in [1.82, 2.24) is 14.9 Å². The van der Waals surface area contributed by atoms with E-state index in [0.717, 1.165) is 43.7 Å². The van der Waals surface area contributed by atoms with Crippen LogP contribution in [0.5, 0.6) is 5.75 Å². The Morgan fingerprint density at radius 1 is 1.36 bits per heavy atom. The van der Waals surface area contributed by atoms with E-state index >= 15 is 0 Å². The fourth-order valence-electron chi connectivity index (χ4n) is 3.00. The molecule has 1 aromatic carbocycles. The van der Waals surface area contributed by atoms with Gasteiger partial charge >= 0.3 is 0 Å². The third-order valence-electron chi connectivity index (χ3n) is 4.22. The summed E-state index contributed by atoms with van der Waals surface area (Å²) in [5, 5.41) is 0. The van der Waals surface area contributed by atoms with E-state index in [-0.39, 0.29) is 11.5 Å². The standard InChI is InChI=1S/C17H22N3O2/c1-12(11-20-8-4-3-5-9-20)16-17(21)19-15-10-13(22-2)6-7-14(15)18-16/h3,6-7,10,12H,4-5,8-9,11H2,1-2H3,(H,19,21). The number of aromatic amines is 1. The lowest BCUT2D eigenvalue weighted by atomic mass is 10.0. The van der Waals surface area contributed by atoms with Crippen LogP contribution in [-0.4, -0.2) is 41.6 Å². The van der Waals surface area contributed by atoms with Gasteiger partial charge in [-0.25, -0.2) is 4.98 Å². The molecule has 1 aromatic heterocycles. The van der Waals surface area contributed by atoms with Gasteiger partial charge in [-0.3, -0.25) is 4.79 Å². The highest BCUT2D eigenvalue weighted by Gasteiger charge is 2.18. The van der Waals surface area contributed by atoms with E-state index < -0.39 is 0 Å². The van der Waals surface area contributed by atoms with Crippen LogP contribution in [0.4, 0.5) is 0 Å². The Labute approximate surface area is 130 Å². The predicted octanol–water partition coefficient (Wildman–Crippen LogP) is 2.34. The van der Waals surface area contributed by atoms with E-state index in [1.807, 2.05) is 12.1 Å². The largest absolute Gasteiger partial charge is 0.497 e. The first-order chi connectivity index (χ1) is 10.7. The minimum atomic E-state index is -0.100. The SMILES string of the molecule is COc1ccc2nc(C(C)CN3CC[CH]CC3)c(=O)[nH]c2c1. The van der Waals surface area contributed by atoms with Crippen molar-refractivity contribution in [2.45, 2.75) is 25.7 Å². The van der Waals surface area contributed by atoms with Crippen molar-refractivity contribution in [3.05, 3.63) is 40.7 Å². The number of H-pyrrole nitrogens is 1. The van der Waals surface area contributed by atoms with Crippen LogP contribution in [0.3, 0.4) is 0 Å². The summed E-state index contributed by atoms with van der Waals surface area (Å²) < 4.78 is 5.18. The van der Waals surface area contributed by atoms with Gasteiger partial charge in [-0.2, -0.15) is 0 Å². The molecule has 1 fully saturated rings. The zero-order valence-electron chi connectivity index (χ0n) is 13.1. The molecule has 1 aliphatic rings. The monoisotopic (exact) mass is 300 g/mol. The number of fused-ring (bicyclic) bond motifs is 1. The lowest BCUT2D eigenvalue weighted by Gasteiger charge is -2.28. The maximum Gasteiger partial charge on any atom is 0.270 e. The van der Waals surface area contributed by atoms with E-state index in [9.17, 15) is 4.79 Å². The Hall–Kier alpha value is -1.88. The second-order valence-electron chi connectivity index (χ2n) is 5.90. The number of rotatable bonds is 4. The third kappa shape index (κ3) is 3.14. The van der Waals surface area contributed by atoms with Gasteiger partial charge in [-0.15, -0.1) is 0 Å². The normalized spacial score (nSPS) is 17.5. The molecule has 1 unspecified atom stereocenters.